The molecule has 2 aliphatic rings. The number of ether oxygens (including phenoxy) is 1. The van der Waals surface area contributed by atoms with Crippen LogP contribution in [0.4, 0.5) is 0 Å². The number of Topliss-reactive ketones (excluding diaryl/α,β-unsaturated/α-hetero) is 2. The maximum absolute atomic E-state index is 11.9. The number of carbonyl (C=O) groups is 4. The Balaban J connectivity index is 2.43. The molecule has 0 radical (unpaired) electrons. The molecule has 0 saturated carbocycles. The Hall–Kier alpha value is -2.56. The maximum Gasteiger partial charge on any atom is 0.221 e. The highest BCUT2D eigenvalue weighted by Crippen LogP contribution is 2.26. The van der Waals surface area contributed by atoms with Crippen molar-refractivity contribution in [3.63, 3.8) is 0 Å². The van der Waals surface area contributed by atoms with E-state index in [1.807, 2.05) is 0 Å². The third-order valence-electron chi connectivity index (χ3n) is 3.43. The Morgan fingerprint density at radius 2 is 1.00 bits per heavy atom. The molecule has 108 valence electrons. The van der Waals surface area contributed by atoms with E-state index in [2.05, 4.69) is 0 Å². The zero-order valence-electron chi connectivity index (χ0n) is 12.2. The summed E-state index contributed by atoms with van der Waals surface area (Å²) in [6.45, 7) is 5.98. The predicted octanol–water partition coefficient (Wildman–Crippen LogP) is 1.75. The largest absolute Gasteiger partial charge is 0.448 e. The Labute approximate surface area is 121 Å². The Kier molecular flexibility index (Phi) is 3.60. The van der Waals surface area contributed by atoms with Crippen LogP contribution in [-0.4, -0.2) is 23.1 Å². The summed E-state index contributed by atoms with van der Waals surface area (Å²) in [5.74, 6) is -2.01. The van der Waals surface area contributed by atoms with Gasteiger partial charge >= 0.3 is 0 Å². The van der Waals surface area contributed by atoms with Crippen LogP contribution in [0, 0.1) is 0 Å². The van der Waals surface area contributed by atoms with Gasteiger partial charge in [0.05, 0.1) is 0 Å². The fourth-order valence-corrected chi connectivity index (χ4v) is 2.18. The molecular formula is C16H14O5. The maximum atomic E-state index is 11.9. The first-order valence-corrected chi connectivity index (χ1v) is 6.38. The topological polar surface area (TPSA) is 77.5 Å². The van der Waals surface area contributed by atoms with E-state index in [-0.39, 0.29) is 34.2 Å². The van der Waals surface area contributed by atoms with Gasteiger partial charge in [0.25, 0.3) is 0 Å². The molecule has 0 bridgehead atoms. The summed E-state index contributed by atoms with van der Waals surface area (Å²) in [5, 5.41) is 0. The molecule has 0 aromatic carbocycles. The monoisotopic (exact) mass is 286 g/mol. The molecule has 2 rings (SSSR count). The second kappa shape index (κ2) is 5.09. The zero-order valence-corrected chi connectivity index (χ0v) is 12.2. The van der Waals surface area contributed by atoms with Crippen LogP contribution in [0.3, 0.4) is 0 Å². The van der Waals surface area contributed by atoms with Gasteiger partial charge in [-0.25, -0.2) is 0 Å². The van der Waals surface area contributed by atoms with Crippen molar-refractivity contribution >= 4 is 23.1 Å². The SMILES string of the molecule is CC1=CC(=O)C(OC2=C(C)C(=O)C(C)=CC2=O)=C(C)C1=O. The minimum atomic E-state index is -0.489. The number of allylic oxidation sites excluding steroid dienone is 6. The van der Waals surface area contributed by atoms with Crippen molar-refractivity contribution in [2.24, 2.45) is 0 Å². The molecular weight excluding hydrogens is 272 g/mol. The summed E-state index contributed by atoms with van der Waals surface area (Å²) in [7, 11) is 0. The van der Waals surface area contributed by atoms with Gasteiger partial charge in [0, 0.05) is 22.3 Å². The van der Waals surface area contributed by atoms with Gasteiger partial charge < -0.3 is 4.74 Å². The van der Waals surface area contributed by atoms with Crippen LogP contribution < -0.4 is 0 Å². The molecule has 21 heavy (non-hydrogen) atoms. The molecule has 5 heteroatoms. The molecule has 0 aliphatic heterocycles. The number of hydrogen-bond donors (Lipinski definition) is 0. The van der Waals surface area contributed by atoms with Crippen LogP contribution in [0.15, 0.2) is 46.0 Å². The zero-order chi connectivity index (χ0) is 15.9. The minimum Gasteiger partial charge on any atom is -0.448 e. The summed E-state index contributed by atoms with van der Waals surface area (Å²) in [5.41, 5.74) is 0.897. The lowest BCUT2D eigenvalue weighted by atomic mass is 9.95. The van der Waals surface area contributed by atoms with Crippen molar-refractivity contribution in [3.8, 4) is 0 Å². The molecule has 2 aliphatic carbocycles. The van der Waals surface area contributed by atoms with Crippen molar-refractivity contribution in [1.82, 2.24) is 0 Å². The van der Waals surface area contributed by atoms with Gasteiger partial charge in [-0.2, -0.15) is 0 Å². The standard InChI is InChI=1S/C16H14O5/c1-7-5-11(17)15(9(3)13(7)19)21-16-10(4)14(20)8(2)6-12(16)18/h5-6H,1-4H3. The first kappa shape index (κ1) is 14.8. The minimum absolute atomic E-state index is 0.131. The fourth-order valence-electron chi connectivity index (χ4n) is 2.18. The smallest absolute Gasteiger partial charge is 0.221 e. The van der Waals surface area contributed by atoms with Gasteiger partial charge in [-0.05, 0) is 39.8 Å². The average Bonchev–Trinajstić information content (AvgIpc) is 2.42. The number of ketones is 4. The normalized spacial score (nSPS) is 20.0. The lowest BCUT2D eigenvalue weighted by Crippen LogP contribution is -2.23. The molecule has 0 atom stereocenters. The highest BCUT2D eigenvalue weighted by atomic mass is 16.5. The molecule has 0 heterocycles. The van der Waals surface area contributed by atoms with Gasteiger partial charge in [-0.1, -0.05) is 0 Å². The number of carbonyl (C=O) groups excluding carboxylic acids is 4. The summed E-state index contributed by atoms with van der Waals surface area (Å²) >= 11 is 0. The van der Waals surface area contributed by atoms with Crippen molar-refractivity contribution < 1.29 is 23.9 Å². The van der Waals surface area contributed by atoms with E-state index in [1.54, 1.807) is 0 Å². The van der Waals surface area contributed by atoms with Crippen molar-refractivity contribution in [2.75, 3.05) is 0 Å². The molecule has 0 fully saturated rings. The highest BCUT2D eigenvalue weighted by Gasteiger charge is 2.30. The molecule has 0 unspecified atom stereocenters. The Bertz CT molecular complexity index is 664. The molecule has 0 N–H and O–H groups in total. The van der Waals surface area contributed by atoms with Crippen LogP contribution in [0.2, 0.25) is 0 Å². The van der Waals surface area contributed by atoms with E-state index in [0.717, 1.165) is 12.2 Å². The molecule has 0 saturated heterocycles. The van der Waals surface area contributed by atoms with E-state index >= 15 is 0 Å². The van der Waals surface area contributed by atoms with E-state index in [9.17, 15) is 19.2 Å². The Morgan fingerprint density at radius 3 is 1.33 bits per heavy atom. The second-order valence-corrected chi connectivity index (χ2v) is 5.05. The van der Waals surface area contributed by atoms with Crippen LogP contribution in [-0.2, 0) is 23.9 Å². The molecule has 0 aromatic rings. The third kappa shape index (κ3) is 2.42. The van der Waals surface area contributed by atoms with E-state index in [0.29, 0.717) is 11.1 Å². The van der Waals surface area contributed by atoms with E-state index in [1.165, 1.54) is 27.7 Å². The van der Waals surface area contributed by atoms with Crippen molar-refractivity contribution in [2.45, 2.75) is 27.7 Å². The third-order valence-corrected chi connectivity index (χ3v) is 3.43. The van der Waals surface area contributed by atoms with Crippen LogP contribution >= 0.6 is 0 Å². The van der Waals surface area contributed by atoms with Gasteiger partial charge in [0.15, 0.2) is 23.1 Å². The lowest BCUT2D eigenvalue weighted by Gasteiger charge is -2.19. The van der Waals surface area contributed by atoms with Gasteiger partial charge in [-0.3, -0.25) is 19.2 Å². The van der Waals surface area contributed by atoms with Crippen molar-refractivity contribution in [3.05, 3.63) is 46.0 Å². The van der Waals surface area contributed by atoms with E-state index < -0.39 is 11.6 Å². The number of hydrogen-bond acceptors (Lipinski definition) is 5. The first-order chi connectivity index (χ1) is 9.73. The molecule has 5 nitrogen and oxygen atoms in total. The van der Waals surface area contributed by atoms with Gasteiger partial charge in [0.2, 0.25) is 11.6 Å². The fraction of sp³-hybridized carbons (Fsp3) is 0.250. The Morgan fingerprint density at radius 1 is 0.667 bits per heavy atom. The molecule has 0 aromatic heterocycles. The van der Waals surface area contributed by atoms with E-state index in [4.69, 9.17) is 4.74 Å². The van der Waals surface area contributed by atoms with Crippen molar-refractivity contribution in [1.29, 1.82) is 0 Å². The van der Waals surface area contributed by atoms with Gasteiger partial charge in [0.1, 0.15) is 0 Å². The summed E-state index contributed by atoms with van der Waals surface area (Å²) in [6.07, 6.45) is 2.33. The number of rotatable bonds is 2. The van der Waals surface area contributed by atoms with Gasteiger partial charge in [-0.15, -0.1) is 0 Å². The summed E-state index contributed by atoms with van der Waals surface area (Å²) in [4.78, 5) is 47.6. The van der Waals surface area contributed by atoms with Crippen LogP contribution in [0.25, 0.3) is 0 Å². The summed E-state index contributed by atoms with van der Waals surface area (Å²) in [6, 6.07) is 0. The van der Waals surface area contributed by atoms with Crippen LogP contribution in [0.1, 0.15) is 27.7 Å². The average molecular weight is 286 g/mol. The van der Waals surface area contributed by atoms with Crippen LogP contribution in [0.5, 0.6) is 0 Å². The second-order valence-electron chi connectivity index (χ2n) is 5.05. The molecule has 0 spiro atoms. The molecule has 0 amide bonds. The highest BCUT2D eigenvalue weighted by molar-refractivity contribution is 6.23. The summed E-state index contributed by atoms with van der Waals surface area (Å²) < 4.78 is 5.35. The quantitative estimate of drug-likeness (QED) is 0.723. The first-order valence-electron chi connectivity index (χ1n) is 6.38. The lowest BCUT2D eigenvalue weighted by molar-refractivity contribution is -0.120. The predicted molar refractivity (Wildman–Crippen MR) is 74.0 cm³/mol.